The van der Waals surface area contributed by atoms with Crippen LogP contribution in [0.1, 0.15) is 290 Å². The molecule has 0 spiro atoms. The van der Waals surface area contributed by atoms with E-state index in [1.54, 1.807) is 0 Å². The molecule has 0 fully saturated rings. The monoisotopic (exact) mass is 885 g/mol. The lowest BCUT2D eigenvalue weighted by Crippen LogP contribution is -2.30. The molecule has 0 amide bonds. The zero-order valence-electron chi connectivity index (χ0n) is 42.1. The zero-order chi connectivity index (χ0) is 45.8. The van der Waals surface area contributed by atoms with Crippen LogP contribution in [-0.4, -0.2) is 37.2 Å². The summed E-state index contributed by atoms with van der Waals surface area (Å²) in [6.07, 6.45) is 61.3. The van der Waals surface area contributed by atoms with Crippen molar-refractivity contribution in [1.29, 1.82) is 0 Å². The van der Waals surface area contributed by atoms with Crippen LogP contribution in [0.4, 0.5) is 0 Å². The topological polar surface area (TPSA) is 78.9 Å². The standard InChI is InChI=1S/C57H104O6/c1-4-7-10-13-16-19-22-24-26-27-28-29-31-32-35-38-41-44-47-50-56(59)62-53-54(52-61-55(58)49-46-43-40-37-34-21-18-15-12-9-6-3)63-57(60)51-48-45-42-39-36-33-30-25-23-20-17-14-11-8-5-2/h16,19,24-26,30,54H,4-15,17-18,20-23,27-29,31-53H2,1-3H3/b19-16-,26-24-,30-25-/t54-/m1/s1. The Bertz CT molecular complexity index is 1060. The van der Waals surface area contributed by atoms with Crippen molar-refractivity contribution in [3.8, 4) is 0 Å². The second-order valence-electron chi connectivity index (χ2n) is 18.5. The molecule has 0 unspecified atom stereocenters. The highest BCUT2D eigenvalue weighted by molar-refractivity contribution is 5.71. The van der Waals surface area contributed by atoms with Gasteiger partial charge in [0.15, 0.2) is 6.10 Å². The fraction of sp³-hybridized carbons (Fsp3) is 0.842. The fourth-order valence-electron chi connectivity index (χ4n) is 7.94. The van der Waals surface area contributed by atoms with Crippen LogP contribution in [0.25, 0.3) is 0 Å². The SMILES string of the molecule is CCCCC/C=C\C/C=C\CCCCCCCCCCCC(=O)OC[C@@H](COC(=O)CCCCCCCCCCCCC)OC(=O)CCCCCCC/C=C\CCCCCCCC. The number of hydrogen-bond acceptors (Lipinski definition) is 6. The Kier molecular flexibility index (Phi) is 50.3. The summed E-state index contributed by atoms with van der Waals surface area (Å²) in [7, 11) is 0. The van der Waals surface area contributed by atoms with Crippen molar-refractivity contribution in [3.63, 3.8) is 0 Å². The van der Waals surface area contributed by atoms with Gasteiger partial charge in [0.05, 0.1) is 0 Å². The van der Waals surface area contributed by atoms with Crippen molar-refractivity contribution in [2.75, 3.05) is 13.2 Å². The minimum atomic E-state index is -0.774. The molecule has 0 radical (unpaired) electrons. The smallest absolute Gasteiger partial charge is 0.306 e. The molecule has 63 heavy (non-hydrogen) atoms. The van der Waals surface area contributed by atoms with E-state index in [2.05, 4.69) is 57.2 Å². The molecule has 0 aromatic rings. The van der Waals surface area contributed by atoms with Crippen molar-refractivity contribution in [2.24, 2.45) is 0 Å². The van der Waals surface area contributed by atoms with E-state index in [0.29, 0.717) is 19.3 Å². The molecular weight excluding hydrogens is 781 g/mol. The van der Waals surface area contributed by atoms with Crippen LogP contribution in [-0.2, 0) is 28.6 Å². The quantitative estimate of drug-likeness (QED) is 0.0262. The largest absolute Gasteiger partial charge is 0.462 e. The molecule has 368 valence electrons. The molecular formula is C57H104O6. The number of esters is 3. The molecule has 1 atom stereocenters. The molecule has 0 saturated heterocycles. The highest BCUT2D eigenvalue weighted by Crippen LogP contribution is 2.15. The number of rotatable bonds is 50. The maximum Gasteiger partial charge on any atom is 0.306 e. The Hall–Kier alpha value is -2.37. The minimum absolute atomic E-state index is 0.0736. The van der Waals surface area contributed by atoms with Gasteiger partial charge in [0.1, 0.15) is 13.2 Å². The summed E-state index contributed by atoms with van der Waals surface area (Å²) >= 11 is 0. The summed E-state index contributed by atoms with van der Waals surface area (Å²) in [4.78, 5) is 38.0. The van der Waals surface area contributed by atoms with Gasteiger partial charge < -0.3 is 14.2 Å². The molecule has 0 aromatic carbocycles. The first kappa shape index (κ1) is 60.6. The Balaban J connectivity index is 4.32. The van der Waals surface area contributed by atoms with Gasteiger partial charge in [-0.15, -0.1) is 0 Å². The van der Waals surface area contributed by atoms with Crippen molar-refractivity contribution in [1.82, 2.24) is 0 Å². The molecule has 0 N–H and O–H groups in total. The van der Waals surface area contributed by atoms with Crippen molar-refractivity contribution in [3.05, 3.63) is 36.5 Å². The second-order valence-corrected chi connectivity index (χ2v) is 18.5. The molecule has 0 aliphatic carbocycles. The van der Waals surface area contributed by atoms with Crippen LogP contribution in [0.3, 0.4) is 0 Å². The third kappa shape index (κ3) is 50.5. The highest BCUT2D eigenvalue weighted by Gasteiger charge is 2.19. The van der Waals surface area contributed by atoms with Crippen LogP contribution >= 0.6 is 0 Å². The van der Waals surface area contributed by atoms with E-state index in [-0.39, 0.29) is 31.1 Å². The Morgan fingerprint density at radius 1 is 0.317 bits per heavy atom. The number of carbonyl (C=O) groups excluding carboxylic acids is 3. The molecule has 0 aliphatic rings. The first-order valence-electron chi connectivity index (χ1n) is 27.5. The minimum Gasteiger partial charge on any atom is -0.462 e. The third-order valence-corrected chi connectivity index (χ3v) is 12.1. The van der Waals surface area contributed by atoms with Gasteiger partial charge in [-0.05, 0) is 77.0 Å². The van der Waals surface area contributed by atoms with E-state index < -0.39 is 6.10 Å². The Morgan fingerprint density at radius 3 is 0.921 bits per heavy atom. The normalized spacial score (nSPS) is 12.2. The summed E-state index contributed by atoms with van der Waals surface area (Å²) in [6, 6.07) is 0. The van der Waals surface area contributed by atoms with E-state index in [0.717, 1.165) is 70.6 Å². The fourth-order valence-corrected chi connectivity index (χ4v) is 7.94. The molecule has 6 heteroatoms. The van der Waals surface area contributed by atoms with Gasteiger partial charge in [-0.25, -0.2) is 0 Å². The zero-order valence-corrected chi connectivity index (χ0v) is 42.1. The summed E-state index contributed by atoms with van der Waals surface area (Å²) in [5, 5.41) is 0. The molecule has 6 nitrogen and oxygen atoms in total. The Morgan fingerprint density at radius 2 is 0.571 bits per heavy atom. The van der Waals surface area contributed by atoms with Gasteiger partial charge in [0.25, 0.3) is 0 Å². The molecule has 0 bridgehead atoms. The lowest BCUT2D eigenvalue weighted by Gasteiger charge is -2.18. The average molecular weight is 885 g/mol. The lowest BCUT2D eigenvalue weighted by molar-refractivity contribution is -0.167. The number of unbranched alkanes of at least 4 members (excludes halogenated alkanes) is 33. The first-order chi connectivity index (χ1) is 31.0. The summed E-state index contributed by atoms with van der Waals surface area (Å²) < 4.78 is 16.8. The molecule has 0 heterocycles. The second kappa shape index (κ2) is 52.3. The van der Waals surface area contributed by atoms with Gasteiger partial charge in [-0.1, -0.05) is 231 Å². The summed E-state index contributed by atoms with van der Waals surface area (Å²) in [5.41, 5.74) is 0. The van der Waals surface area contributed by atoms with Crippen LogP contribution in [0.5, 0.6) is 0 Å². The maximum absolute atomic E-state index is 12.8. The van der Waals surface area contributed by atoms with E-state index in [1.807, 2.05) is 0 Å². The van der Waals surface area contributed by atoms with Crippen molar-refractivity contribution >= 4 is 17.9 Å². The van der Waals surface area contributed by atoms with E-state index in [9.17, 15) is 14.4 Å². The summed E-state index contributed by atoms with van der Waals surface area (Å²) in [6.45, 7) is 6.62. The molecule has 0 rings (SSSR count). The van der Waals surface area contributed by atoms with Crippen molar-refractivity contribution in [2.45, 2.75) is 297 Å². The third-order valence-electron chi connectivity index (χ3n) is 12.1. The Labute approximate surface area is 391 Å². The van der Waals surface area contributed by atoms with E-state index in [1.165, 1.54) is 180 Å². The highest BCUT2D eigenvalue weighted by atomic mass is 16.6. The average Bonchev–Trinajstić information content (AvgIpc) is 3.28. The number of carbonyl (C=O) groups is 3. The van der Waals surface area contributed by atoms with E-state index >= 15 is 0 Å². The first-order valence-corrected chi connectivity index (χ1v) is 27.5. The van der Waals surface area contributed by atoms with Crippen LogP contribution < -0.4 is 0 Å². The van der Waals surface area contributed by atoms with Crippen LogP contribution in [0.15, 0.2) is 36.5 Å². The number of ether oxygens (including phenoxy) is 3. The molecule has 0 saturated carbocycles. The van der Waals surface area contributed by atoms with Gasteiger partial charge >= 0.3 is 17.9 Å². The number of hydrogen-bond donors (Lipinski definition) is 0. The van der Waals surface area contributed by atoms with Gasteiger partial charge in [-0.2, -0.15) is 0 Å². The number of allylic oxidation sites excluding steroid dienone is 6. The van der Waals surface area contributed by atoms with Gasteiger partial charge in [0.2, 0.25) is 0 Å². The predicted octanol–water partition coefficient (Wildman–Crippen LogP) is 18.1. The van der Waals surface area contributed by atoms with Gasteiger partial charge in [0, 0.05) is 19.3 Å². The van der Waals surface area contributed by atoms with Gasteiger partial charge in [-0.3, -0.25) is 14.4 Å². The van der Waals surface area contributed by atoms with Crippen LogP contribution in [0, 0.1) is 0 Å². The van der Waals surface area contributed by atoms with Crippen LogP contribution in [0.2, 0.25) is 0 Å². The molecule has 0 aromatic heterocycles. The lowest BCUT2D eigenvalue weighted by atomic mass is 10.1. The predicted molar refractivity (Wildman–Crippen MR) is 270 cm³/mol. The molecule has 0 aliphatic heterocycles. The van der Waals surface area contributed by atoms with E-state index in [4.69, 9.17) is 14.2 Å². The summed E-state index contributed by atoms with van der Waals surface area (Å²) in [5.74, 6) is -0.874. The van der Waals surface area contributed by atoms with Crippen molar-refractivity contribution < 1.29 is 28.6 Å². The maximum atomic E-state index is 12.8.